The molecule has 0 fully saturated rings. The molecule has 0 amide bonds. The maximum absolute atomic E-state index is 12.0. The molecule has 8 heteroatoms. The van der Waals surface area contributed by atoms with Gasteiger partial charge in [0, 0.05) is 11.9 Å². The van der Waals surface area contributed by atoms with Crippen LogP contribution in [0.3, 0.4) is 0 Å². The van der Waals surface area contributed by atoms with Gasteiger partial charge in [-0.1, -0.05) is 0 Å². The van der Waals surface area contributed by atoms with Gasteiger partial charge >= 0.3 is 6.18 Å². The number of anilines is 1. The van der Waals surface area contributed by atoms with Gasteiger partial charge in [-0.05, 0) is 19.4 Å². The van der Waals surface area contributed by atoms with Gasteiger partial charge in [-0.25, -0.2) is 9.97 Å². The molecule has 2 aromatic rings. The lowest BCUT2D eigenvalue weighted by molar-refractivity contribution is -0.177. The third-order valence-electron chi connectivity index (χ3n) is 2.81. The van der Waals surface area contributed by atoms with Crippen LogP contribution in [0.2, 0.25) is 0 Å². The molecule has 20 heavy (non-hydrogen) atoms. The SMILES string of the molecule is CNc1nc(COCC(F)(F)F)nc2sc(C)c(C)c12. The molecule has 2 rings (SSSR count). The number of alkyl halides is 3. The predicted octanol–water partition coefficient (Wildman–Crippen LogP) is 3.43. The zero-order chi connectivity index (χ0) is 14.9. The van der Waals surface area contributed by atoms with Gasteiger partial charge < -0.3 is 10.1 Å². The second-order valence-electron chi connectivity index (χ2n) is 4.31. The molecular formula is C12H14F3N3OS. The number of nitrogens with one attached hydrogen (secondary N) is 1. The average molecular weight is 305 g/mol. The van der Waals surface area contributed by atoms with Gasteiger partial charge in [-0.15, -0.1) is 11.3 Å². The molecule has 0 saturated carbocycles. The summed E-state index contributed by atoms with van der Waals surface area (Å²) in [5.41, 5.74) is 1.08. The first-order valence-electron chi connectivity index (χ1n) is 5.90. The lowest BCUT2D eigenvalue weighted by Gasteiger charge is -2.08. The highest BCUT2D eigenvalue weighted by atomic mass is 32.1. The number of thiophene rings is 1. The van der Waals surface area contributed by atoms with Crippen molar-refractivity contribution < 1.29 is 17.9 Å². The van der Waals surface area contributed by atoms with Crippen molar-refractivity contribution in [2.75, 3.05) is 19.0 Å². The Morgan fingerprint density at radius 3 is 2.55 bits per heavy atom. The van der Waals surface area contributed by atoms with Gasteiger partial charge in [0.2, 0.25) is 0 Å². The molecule has 0 atom stereocenters. The van der Waals surface area contributed by atoms with Gasteiger partial charge in [0.25, 0.3) is 0 Å². The lowest BCUT2D eigenvalue weighted by Crippen LogP contribution is -2.17. The third-order valence-corrected chi connectivity index (χ3v) is 3.91. The van der Waals surface area contributed by atoms with Crippen LogP contribution in [0.1, 0.15) is 16.3 Å². The van der Waals surface area contributed by atoms with E-state index in [-0.39, 0.29) is 12.4 Å². The van der Waals surface area contributed by atoms with Crippen LogP contribution in [0.15, 0.2) is 0 Å². The molecule has 0 aliphatic carbocycles. The Bertz CT molecular complexity index is 624. The van der Waals surface area contributed by atoms with Crippen LogP contribution < -0.4 is 5.32 Å². The first kappa shape index (κ1) is 15.0. The number of aromatic nitrogens is 2. The van der Waals surface area contributed by atoms with Gasteiger partial charge in [-0.3, -0.25) is 0 Å². The smallest absolute Gasteiger partial charge is 0.372 e. The molecule has 0 bridgehead atoms. The number of rotatable bonds is 4. The maximum Gasteiger partial charge on any atom is 0.411 e. The quantitative estimate of drug-likeness (QED) is 0.940. The molecule has 2 heterocycles. The fourth-order valence-corrected chi connectivity index (χ4v) is 2.85. The molecular weight excluding hydrogens is 291 g/mol. The van der Waals surface area contributed by atoms with E-state index >= 15 is 0 Å². The Hall–Kier alpha value is -1.41. The fraction of sp³-hybridized carbons (Fsp3) is 0.500. The van der Waals surface area contributed by atoms with E-state index in [1.54, 1.807) is 7.05 Å². The molecule has 0 saturated heterocycles. The van der Waals surface area contributed by atoms with Crippen LogP contribution in [-0.2, 0) is 11.3 Å². The minimum absolute atomic E-state index is 0.243. The summed E-state index contributed by atoms with van der Waals surface area (Å²) in [6.45, 7) is 2.38. The van der Waals surface area contributed by atoms with Crippen molar-refractivity contribution in [3.63, 3.8) is 0 Å². The van der Waals surface area contributed by atoms with Crippen LogP contribution in [0.4, 0.5) is 19.0 Å². The minimum Gasteiger partial charge on any atom is -0.372 e. The number of fused-ring (bicyclic) bond motifs is 1. The first-order valence-corrected chi connectivity index (χ1v) is 6.72. The zero-order valence-electron chi connectivity index (χ0n) is 11.3. The van der Waals surface area contributed by atoms with Crippen LogP contribution in [-0.4, -0.2) is 29.8 Å². The second kappa shape index (κ2) is 5.53. The summed E-state index contributed by atoms with van der Waals surface area (Å²) in [6.07, 6.45) is -4.34. The second-order valence-corrected chi connectivity index (χ2v) is 5.51. The molecule has 0 unspecified atom stereocenters. The fourth-order valence-electron chi connectivity index (χ4n) is 1.80. The number of aryl methyl sites for hydroxylation is 2. The first-order chi connectivity index (χ1) is 9.31. The monoisotopic (exact) mass is 305 g/mol. The Balaban J connectivity index is 2.27. The van der Waals surface area contributed by atoms with E-state index in [0.717, 1.165) is 20.7 Å². The molecule has 110 valence electrons. The summed E-state index contributed by atoms with van der Waals surface area (Å²) in [5.74, 6) is 0.856. The number of hydrogen-bond acceptors (Lipinski definition) is 5. The van der Waals surface area contributed by atoms with E-state index in [1.165, 1.54) is 11.3 Å². The van der Waals surface area contributed by atoms with E-state index in [1.807, 2.05) is 13.8 Å². The highest BCUT2D eigenvalue weighted by Gasteiger charge is 2.27. The summed E-state index contributed by atoms with van der Waals surface area (Å²) in [6, 6.07) is 0. The number of hydrogen-bond donors (Lipinski definition) is 1. The van der Waals surface area contributed by atoms with Crippen molar-refractivity contribution in [1.82, 2.24) is 9.97 Å². The maximum atomic E-state index is 12.0. The van der Waals surface area contributed by atoms with E-state index in [9.17, 15) is 13.2 Å². The summed E-state index contributed by atoms with van der Waals surface area (Å²) < 4.78 is 40.7. The lowest BCUT2D eigenvalue weighted by atomic mass is 10.2. The summed E-state index contributed by atoms with van der Waals surface area (Å²) in [4.78, 5) is 10.3. The Kier molecular flexibility index (Phi) is 4.14. The largest absolute Gasteiger partial charge is 0.411 e. The Labute approximate surface area is 118 Å². The summed E-state index contributed by atoms with van der Waals surface area (Å²) >= 11 is 1.49. The molecule has 0 radical (unpaired) electrons. The van der Waals surface area contributed by atoms with Crippen molar-refractivity contribution in [3.05, 3.63) is 16.3 Å². The van der Waals surface area contributed by atoms with Gasteiger partial charge in [-0.2, -0.15) is 13.2 Å². The number of nitrogens with zero attached hydrogens (tertiary/aromatic N) is 2. The number of ether oxygens (including phenoxy) is 1. The van der Waals surface area contributed by atoms with Gasteiger partial charge in [0.1, 0.15) is 23.9 Å². The highest BCUT2D eigenvalue weighted by Crippen LogP contribution is 2.33. The van der Waals surface area contributed by atoms with Crippen LogP contribution in [0.25, 0.3) is 10.2 Å². The summed E-state index contributed by atoms with van der Waals surface area (Å²) in [7, 11) is 1.72. The van der Waals surface area contributed by atoms with Gasteiger partial charge in [0.15, 0.2) is 5.82 Å². The minimum atomic E-state index is -4.34. The standard InChI is InChI=1S/C12H14F3N3OS/c1-6-7(2)20-11-9(6)10(16-3)17-8(18-11)4-19-5-12(13,14)15/h4-5H2,1-3H3,(H,16,17,18). The Morgan fingerprint density at radius 1 is 1.25 bits per heavy atom. The topological polar surface area (TPSA) is 47.0 Å². The van der Waals surface area contributed by atoms with Crippen molar-refractivity contribution in [3.8, 4) is 0 Å². The summed E-state index contributed by atoms with van der Waals surface area (Å²) in [5, 5.41) is 3.86. The molecule has 0 aliphatic heterocycles. The zero-order valence-corrected chi connectivity index (χ0v) is 12.1. The molecule has 4 nitrogen and oxygen atoms in total. The molecule has 2 aromatic heterocycles. The van der Waals surface area contributed by atoms with E-state index in [4.69, 9.17) is 0 Å². The molecule has 0 aromatic carbocycles. The molecule has 0 spiro atoms. The normalized spacial score (nSPS) is 12.1. The van der Waals surface area contributed by atoms with Gasteiger partial charge in [0.05, 0.1) is 5.39 Å². The number of halogens is 3. The van der Waals surface area contributed by atoms with Crippen molar-refractivity contribution in [1.29, 1.82) is 0 Å². The predicted molar refractivity (Wildman–Crippen MR) is 72.1 cm³/mol. The van der Waals surface area contributed by atoms with Crippen LogP contribution >= 0.6 is 11.3 Å². The van der Waals surface area contributed by atoms with Crippen LogP contribution in [0, 0.1) is 13.8 Å². The highest BCUT2D eigenvalue weighted by molar-refractivity contribution is 7.18. The average Bonchev–Trinajstić information content (AvgIpc) is 2.63. The van der Waals surface area contributed by atoms with Crippen molar-refractivity contribution >= 4 is 27.4 Å². The Morgan fingerprint density at radius 2 is 1.95 bits per heavy atom. The van der Waals surface area contributed by atoms with Crippen LogP contribution in [0.5, 0.6) is 0 Å². The molecule has 0 aliphatic rings. The molecule has 1 N–H and O–H groups in total. The van der Waals surface area contributed by atoms with E-state index < -0.39 is 12.8 Å². The van der Waals surface area contributed by atoms with E-state index in [2.05, 4.69) is 20.0 Å². The van der Waals surface area contributed by atoms with Crippen molar-refractivity contribution in [2.45, 2.75) is 26.6 Å². The third kappa shape index (κ3) is 3.18. The van der Waals surface area contributed by atoms with Crippen molar-refractivity contribution in [2.24, 2.45) is 0 Å². The van der Waals surface area contributed by atoms with E-state index in [0.29, 0.717) is 5.82 Å².